The van der Waals surface area contributed by atoms with Crippen LogP contribution in [0.3, 0.4) is 0 Å². The number of anilines is 1. The molecule has 1 saturated heterocycles. The van der Waals surface area contributed by atoms with Crippen molar-refractivity contribution in [2.75, 3.05) is 34.9 Å². The van der Waals surface area contributed by atoms with Crippen LogP contribution in [0.2, 0.25) is 5.02 Å². The van der Waals surface area contributed by atoms with Gasteiger partial charge in [0.05, 0.1) is 16.3 Å². The molecular weight excluding hydrogens is 316 g/mol. The van der Waals surface area contributed by atoms with Gasteiger partial charge in [-0.1, -0.05) is 23.7 Å². The smallest absolute Gasteiger partial charge is 0.319 e. The van der Waals surface area contributed by atoms with E-state index in [0.717, 1.165) is 11.5 Å². The van der Waals surface area contributed by atoms with Crippen LogP contribution in [0, 0.1) is 0 Å². The molecule has 0 aliphatic carbocycles. The first-order chi connectivity index (χ1) is 9.59. The van der Waals surface area contributed by atoms with E-state index >= 15 is 0 Å². The van der Waals surface area contributed by atoms with Crippen molar-refractivity contribution in [2.45, 2.75) is 5.60 Å². The molecule has 0 unspecified atom stereocenters. The van der Waals surface area contributed by atoms with Gasteiger partial charge in [0.1, 0.15) is 0 Å². The number of aliphatic hydroxyl groups is 1. The Morgan fingerprint density at radius 2 is 1.95 bits per heavy atom. The summed E-state index contributed by atoms with van der Waals surface area (Å²) < 4.78 is 0. The van der Waals surface area contributed by atoms with Crippen molar-refractivity contribution in [2.24, 2.45) is 0 Å². The molecule has 1 heterocycles. The molecule has 1 aromatic rings. The van der Waals surface area contributed by atoms with Crippen molar-refractivity contribution in [3.8, 4) is 0 Å². The molecule has 0 saturated carbocycles. The minimum absolute atomic E-state index is 0.239. The number of urea groups is 1. The highest BCUT2D eigenvalue weighted by Gasteiger charge is 2.29. The normalized spacial score (nSPS) is 18.1. The minimum Gasteiger partial charge on any atom is -0.386 e. The Kier molecular flexibility index (Phi) is 5.89. The first-order valence-corrected chi connectivity index (χ1v) is 8.95. The van der Waals surface area contributed by atoms with E-state index < -0.39 is 5.60 Å². The molecule has 20 heavy (non-hydrogen) atoms. The highest BCUT2D eigenvalue weighted by atomic mass is 35.5. The predicted octanol–water partition coefficient (Wildman–Crippen LogP) is 2.67. The maximum Gasteiger partial charge on any atom is 0.319 e. The van der Waals surface area contributed by atoms with Gasteiger partial charge in [-0.2, -0.15) is 23.5 Å². The van der Waals surface area contributed by atoms with Gasteiger partial charge in [-0.3, -0.25) is 0 Å². The zero-order valence-electron chi connectivity index (χ0n) is 10.9. The van der Waals surface area contributed by atoms with E-state index in [0.29, 0.717) is 22.2 Å². The summed E-state index contributed by atoms with van der Waals surface area (Å²) in [7, 11) is 0. The molecule has 0 aromatic heterocycles. The molecule has 0 radical (unpaired) electrons. The highest BCUT2D eigenvalue weighted by Crippen LogP contribution is 2.24. The molecule has 7 heteroatoms. The average molecular weight is 333 g/mol. The van der Waals surface area contributed by atoms with E-state index in [1.807, 2.05) is 0 Å². The maximum atomic E-state index is 11.8. The Hall–Kier alpha value is -0.560. The first-order valence-electron chi connectivity index (χ1n) is 6.26. The van der Waals surface area contributed by atoms with Crippen LogP contribution in [-0.4, -0.2) is 46.3 Å². The second kappa shape index (κ2) is 7.45. The third-order valence-electron chi connectivity index (χ3n) is 2.81. The summed E-state index contributed by atoms with van der Waals surface area (Å²) in [5, 5.41) is 16.3. The van der Waals surface area contributed by atoms with Crippen LogP contribution >= 0.6 is 35.1 Å². The van der Waals surface area contributed by atoms with Crippen molar-refractivity contribution >= 4 is 46.8 Å². The number of thioether (sulfide) groups is 2. The van der Waals surface area contributed by atoms with Gasteiger partial charge < -0.3 is 15.7 Å². The maximum absolute atomic E-state index is 11.8. The summed E-state index contributed by atoms with van der Waals surface area (Å²) in [5.41, 5.74) is -0.285. The number of hydrogen-bond acceptors (Lipinski definition) is 4. The number of para-hydroxylation sites is 1. The third-order valence-corrected chi connectivity index (χ3v) is 5.87. The molecule has 2 amide bonds. The summed E-state index contributed by atoms with van der Waals surface area (Å²) in [6, 6.07) is 6.68. The Morgan fingerprint density at radius 3 is 2.60 bits per heavy atom. The van der Waals surface area contributed by atoms with Crippen LogP contribution in [-0.2, 0) is 0 Å². The largest absolute Gasteiger partial charge is 0.386 e. The highest BCUT2D eigenvalue weighted by molar-refractivity contribution is 8.03. The van der Waals surface area contributed by atoms with Crippen LogP contribution in [0.25, 0.3) is 0 Å². The summed E-state index contributed by atoms with van der Waals surface area (Å²) in [5.74, 6) is 3.37. The summed E-state index contributed by atoms with van der Waals surface area (Å²) in [4.78, 5) is 11.8. The Bertz CT molecular complexity index is 465. The van der Waals surface area contributed by atoms with Crippen molar-refractivity contribution in [1.29, 1.82) is 0 Å². The van der Waals surface area contributed by atoms with E-state index in [4.69, 9.17) is 11.6 Å². The second-order valence-electron chi connectivity index (χ2n) is 4.62. The second-order valence-corrected chi connectivity index (χ2v) is 7.23. The van der Waals surface area contributed by atoms with Crippen molar-refractivity contribution in [3.05, 3.63) is 29.3 Å². The molecule has 1 aliphatic heterocycles. The molecule has 1 aliphatic rings. The van der Waals surface area contributed by atoms with Gasteiger partial charge in [0.15, 0.2) is 0 Å². The van der Waals surface area contributed by atoms with E-state index in [2.05, 4.69) is 10.6 Å². The molecule has 2 rings (SSSR count). The Labute approximate surface area is 132 Å². The van der Waals surface area contributed by atoms with Gasteiger partial charge in [-0.05, 0) is 12.1 Å². The van der Waals surface area contributed by atoms with Crippen LogP contribution in [0.15, 0.2) is 24.3 Å². The number of carbonyl (C=O) groups excluding carboxylic acids is 1. The number of nitrogens with one attached hydrogen (secondary N) is 2. The van der Waals surface area contributed by atoms with Gasteiger partial charge in [-0.15, -0.1) is 0 Å². The fourth-order valence-electron chi connectivity index (χ4n) is 1.76. The summed E-state index contributed by atoms with van der Waals surface area (Å²) >= 11 is 9.40. The zero-order chi connectivity index (χ0) is 14.4. The van der Waals surface area contributed by atoms with Gasteiger partial charge in [0.2, 0.25) is 0 Å². The van der Waals surface area contributed by atoms with Gasteiger partial charge in [-0.25, -0.2) is 4.79 Å². The molecular formula is C13H17ClN2O2S2. The van der Waals surface area contributed by atoms with Crippen LogP contribution < -0.4 is 10.6 Å². The lowest BCUT2D eigenvalue weighted by molar-refractivity contribution is 0.0928. The van der Waals surface area contributed by atoms with Crippen molar-refractivity contribution in [1.82, 2.24) is 5.32 Å². The predicted molar refractivity (Wildman–Crippen MR) is 88.1 cm³/mol. The summed E-state index contributed by atoms with van der Waals surface area (Å²) in [6.45, 7) is 0.239. The van der Waals surface area contributed by atoms with E-state index in [9.17, 15) is 9.90 Å². The molecule has 3 N–H and O–H groups in total. The lowest BCUT2D eigenvalue weighted by atomic mass is 10.1. The van der Waals surface area contributed by atoms with Crippen LogP contribution in [0.1, 0.15) is 0 Å². The molecule has 110 valence electrons. The summed E-state index contributed by atoms with van der Waals surface area (Å²) in [6.07, 6.45) is 0. The van der Waals surface area contributed by atoms with Crippen molar-refractivity contribution in [3.63, 3.8) is 0 Å². The van der Waals surface area contributed by atoms with E-state index in [1.54, 1.807) is 47.8 Å². The molecule has 1 fully saturated rings. The lowest BCUT2D eigenvalue weighted by Gasteiger charge is -2.25. The molecule has 1 aromatic carbocycles. The topological polar surface area (TPSA) is 61.4 Å². The average Bonchev–Trinajstić information content (AvgIpc) is 2.65. The fraction of sp³-hybridized carbons (Fsp3) is 0.462. The van der Waals surface area contributed by atoms with Gasteiger partial charge in [0.25, 0.3) is 0 Å². The van der Waals surface area contributed by atoms with Gasteiger partial charge >= 0.3 is 6.03 Å². The van der Waals surface area contributed by atoms with Gasteiger partial charge in [0, 0.05) is 29.6 Å². The molecule has 0 bridgehead atoms. The molecule has 0 atom stereocenters. The number of carbonyl (C=O) groups is 1. The molecule has 4 nitrogen and oxygen atoms in total. The number of hydrogen-bond donors (Lipinski definition) is 3. The van der Waals surface area contributed by atoms with E-state index in [-0.39, 0.29) is 12.6 Å². The first kappa shape index (κ1) is 15.8. The van der Waals surface area contributed by atoms with Crippen LogP contribution in [0.4, 0.5) is 10.5 Å². The minimum atomic E-state index is -0.844. The Balaban J connectivity index is 1.84. The number of halogens is 1. The number of amides is 2. The number of rotatable bonds is 3. The Morgan fingerprint density at radius 1 is 1.30 bits per heavy atom. The number of benzene rings is 1. The monoisotopic (exact) mass is 332 g/mol. The quantitative estimate of drug-likeness (QED) is 0.796. The lowest BCUT2D eigenvalue weighted by Crippen LogP contribution is -2.47. The van der Waals surface area contributed by atoms with Crippen molar-refractivity contribution < 1.29 is 9.90 Å². The fourth-order valence-corrected chi connectivity index (χ4v) is 4.47. The molecule has 0 spiro atoms. The zero-order valence-corrected chi connectivity index (χ0v) is 13.3. The SMILES string of the molecule is O=C(NCC1(O)CSCCSC1)Nc1ccccc1Cl. The third kappa shape index (κ3) is 4.77. The van der Waals surface area contributed by atoms with E-state index in [1.165, 1.54) is 0 Å². The van der Waals surface area contributed by atoms with Crippen LogP contribution in [0.5, 0.6) is 0 Å². The standard InChI is InChI=1S/C13H17ClN2O2S2/c14-10-3-1-2-4-11(10)16-12(17)15-7-13(18)8-19-5-6-20-9-13/h1-4,18H,5-9H2,(H2,15,16,17).